The first kappa shape index (κ1) is 22.2. The monoisotopic (exact) mass is 410 g/mol. The van der Waals surface area contributed by atoms with Gasteiger partial charge < -0.3 is 18.9 Å². The third-order valence-electron chi connectivity index (χ3n) is 5.70. The predicted octanol–water partition coefficient (Wildman–Crippen LogP) is 6.26. The quantitative estimate of drug-likeness (QED) is 0.272. The van der Waals surface area contributed by atoms with Gasteiger partial charge in [0.15, 0.2) is 0 Å². The van der Waals surface area contributed by atoms with Crippen LogP contribution in [-0.2, 0) is 9.47 Å². The van der Waals surface area contributed by atoms with Crippen LogP contribution in [0.3, 0.4) is 0 Å². The molecule has 1 fully saturated rings. The molecule has 4 nitrogen and oxygen atoms in total. The molecule has 0 atom stereocenters. The Balaban J connectivity index is 1.39. The van der Waals surface area contributed by atoms with E-state index >= 15 is 0 Å². The highest BCUT2D eigenvalue weighted by Gasteiger charge is 2.37. The summed E-state index contributed by atoms with van der Waals surface area (Å²) in [5.41, 5.74) is 2.55. The summed E-state index contributed by atoms with van der Waals surface area (Å²) in [5, 5.41) is 0. The van der Waals surface area contributed by atoms with Gasteiger partial charge in [0.1, 0.15) is 11.5 Å². The van der Waals surface area contributed by atoms with Gasteiger partial charge in [0.2, 0.25) is 0 Å². The first-order valence-corrected chi connectivity index (χ1v) is 11.0. The Labute approximate surface area is 180 Å². The molecule has 0 unspecified atom stereocenters. The molecule has 1 aliphatic rings. The smallest absolute Gasteiger partial charge is 0.119 e. The van der Waals surface area contributed by atoms with E-state index in [0.29, 0.717) is 0 Å². The Bertz CT molecular complexity index is 742. The maximum absolute atomic E-state index is 5.99. The van der Waals surface area contributed by atoms with E-state index in [1.807, 2.05) is 24.3 Å². The van der Waals surface area contributed by atoms with E-state index in [-0.39, 0.29) is 5.41 Å². The van der Waals surface area contributed by atoms with Gasteiger partial charge in [0, 0.05) is 0 Å². The van der Waals surface area contributed by atoms with Crippen LogP contribution in [0.1, 0.15) is 39.0 Å². The Kier molecular flexibility index (Phi) is 8.64. The van der Waals surface area contributed by atoms with Crippen LogP contribution in [0.15, 0.2) is 61.4 Å². The minimum Gasteiger partial charge on any atom is -0.502 e. The molecule has 3 rings (SSSR count). The lowest BCUT2D eigenvalue weighted by Crippen LogP contribution is -2.46. The van der Waals surface area contributed by atoms with Crippen molar-refractivity contribution in [1.82, 2.24) is 0 Å². The number of ether oxygens (including phenoxy) is 4. The molecule has 2 aromatic carbocycles. The highest BCUT2D eigenvalue weighted by molar-refractivity contribution is 5.64. The van der Waals surface area contributed by atoms with E-state index in [2.05, 4.69) is 37.8 Å². The molecule has 2 aromatic rings. The fraction of sp³-hybridized carbons (Fsp3) is 0.462. The van der Waals surface area contributed by atoms with E-state index in [1.165, 1.54) is 17.4 Å². The van der Waals surface area contributed by atoms with Crippen LogP contribution in [0.2, 0.25) is 0 Å². The summed E-state index contributed by atoms with van der Waals surface area (Å²) in [5.74, 6) is 1.83. The van der Waals surface area contributed by atoms with Crippen molar-refractivity contribution in [2.75, 3.05) is 33.0 Å². The summed E-state index contributed by atoms with van der Waals surface area (Å²) in [6, 6.07) is 16.6. The number of unbranched alkanes of at least 4 members (excludes halogenated alkanes) is 3. The van der Waals surface area contributed by atoms with E-state index in [9.17, 15) is 0 Å². The van der Waals surface area contributed by atoms with Gasteiger partial charge in [-0.1, -0.05) is 37.8 Å². The largest absolute Gasteiger partial charge is 0.502 e. The Morgan fingerprint density at radius 2 is 1.40 bits per heavy atom. The van der Waals surface area contributed by atoms with Gasteiger partial charge in [-0.25, -0.2) is 0 Å². The van der Waals surface area contributed by atoms with Gasteiger partial charge in [-0.05, 0) is 67.5 Å². The summed E-state index contributed by atoms with van der Waals surface area (Å²) in [6.45, 7) is 9.58. The first-order chi connectivity index (χ1) is 14.7. The van der Waals surface area contributed by atoms with Crippen LogP contribution >= 0.6 is 0 Å². The molecule has 162 valence electrons. The van der Waals surface area contributed by atoms with Crippen LogP contribution in [0.25, 0.3) is 11.1 Å². The standard InChI is InChI=1S/C26H34O4/c1-3-26(19-28-20-26)21-30-25-15-11-23(12-16-25)22-9-13-24(14-10-22)29-18-8-6-5-7-17-27-4-2/h4,9-16H,2-3,5-8,17-21H2,1H3. The van der Waals surface area contributed by atoms with Crippen LogP contribution in [0, 0.1) is 5.41 Å². The Morgan fingerprint density at radius 3 is 1.90 bits per heavy atom. The van der Waals surface area contributed by atoms with Crippen molar-refractivity contribution in [2.45, 2.75) is 39.0 Å². The molecule has 0 bridgehead atoms. The molecule has 0 spiro atoms. The van der Waals surface area contributed by atoms with Gasteiger partial charge in [-0.15, -0.1) is 0 Å². The summed E-state index contributed by atoms with van der Waals surface area (Å²) in [7, 11) is 0. The molecule has 30 heavy (non-hydrogen) atoms. The highest BCUT2D eigenvalue weighted by atomic mass is 16.5. The zero-order valence-corrected chi connectivity index (χ0v) is 18.1. The summed E-state index contributed by atoms with van der Waals surface area (Å²) in [4.78, 5) is 0. The van der Waals surface area contributed by atoms with Crippen molar-refractivity contribution in [3.05, 3.63) is 61.4 Å². The predicted molar refractivity (Wildman–Crippen MR) is 121 cm³/mol. The zero-order chi connectivity index (χ0) is 21.1. The van der Waals surface area contributed by atoms with Gasteiger partial charge in [0.05, 0.1) is 44.7 Å². The van der Waals surface area contributed by atoms with E-state index in [0.717, 1.165) is 76.6 Å². The number of hydrogen-bond donors (Lipinski definition) is 0. The first-order valence-electron chi connectivity index (χ1n) is 11.0. The molecular formula is C26H34O4. The lowest BCUT2D eigenvalue weighted by molar-refractivity contribution is -0.133. The Morgan fingerprint density at radius 1 is 0.833 bits per heavy atom. The van der Waals surface area contributed by atoms with Crippen molar-refractivity contribution < 1.29 is 18.9 Å². The fourth-order valence-electron chi connectivity index (χ4n) is 3.42. The SMILES string of the molecule is C=COCCCCCCOc1ccc(-c2ccc(OCC3(CC)COC3)cc2)cc1. The van der Waals surface area contributed by atoms with Gasteiger partial charge in [-0.2, -0.15) is 0 Å². The van der Waals surface area contributed by atoms with E-state index in [1.54, 1.807) is 0 Å². The average molecular weight is 411 g/mol. The van der Waals surface area contributed by atoms with E-state index in [4.69, 9.17) is 18.9 Å². The second kappa shape index (κ2) is 11.7. The van der Waals surface area contributed by atoms with Gasteiger partial charge in [0.25, 0.3) is 0 Å². The lowest BCUT2D eigenvalue weighted by atomic mass is 9.84. The van der Waals surface area contributed by atoms with Crippen LogP contribution in [0.5, 0.6) is 11.5 Å². The molecule has 0 aliphatic carbocycles. The molecular weight excluding hydrogens is 376 g/mol. The minimum atomic E-state index is 0.203. The van der Waals surface area contributed by atoms with Crippen LogP contribution in [0.4, 0.5) is 0 Å². The number of benzene rings is 2. The third-order valence-corrected chi connectivity index (χ3v) is 5.70. The van der Waals surface area contributed by atoms with Crippen molar-refractivity contribution in [3.63, 3.8) is 0 Å². The van der Waals surface area contributed by atoms with Crippen molar-refractivity contribution >= 4 is 0 Å². The summed E-state index contributed by atoms with van der Waals surface area (Å²) >= 11 is 0. The molecule has 4 heteroatoms. The molecule has 0 aromatic heterocycles. The topological polar surface area (TPSA) is 36.9 Å². The molecule has 0 N–H and O–H groups in total. The van der Waals surface area contributed by atoms with Crippen LogP contribution < -0.4 is 9.47 Å². The van der Waals surface area contributed by atoms with Crippen molar-refractivity contribution in [1.29, 1.82) is 0 Å². The summed E-state index contributed by atoms with van der Waals surface area (Å²) in [6.07, 6.45) is 7.02. The normalized spacial score (nSPS) is 14.6. The number of hydrogen-bond acceptors (Lipinski definition) is 4. The Hall–Kier alpha value is -2.46. The van der Waals surface area contributed by atoms with Crippen molar-refractivity contribution in [2.24, 2.45) is 5.41 Å². The molecule has 0 amide bonds. The average Bonchev–Trinajstić information content (AvgIpc) is 2.76. The van der Waals surface area contributed by atoms with Gasteiger partial charge in [-0.3, -0.25) is 0 Å². The molecule has 1 saturated heterocycles. The zero-order valence-electron chi connectivity index (χ0n) is 18.1. The molecule has 0 radical (unpaired) electrons. The second-order valence-corrected chi connectivity index (χ2v) is 7.98. The second-order valence-electron chi connectivity index (χ2n) is 7.98. The molecule has 1 aliphatic heterocycles. The maximum Gasteiger partial charge on any atom is 0.119 e. The third kappa shape index (κ3) is 6.53. The molecule has 0 saturated carbocycles. The maximum atomic E-state index is 5.99. The highest BCUT2D eigenvalue weighted by Crippen LogP contribution is 2.32. The minimum absolute atomic E-state index is 0.203. The van der Waals surface area contributed by atoms with Gasteiger partial charge >= 0.3 is 0 Å². The lowest BCUT2D eigenvalue weighted by Gasteiger charge is -2.40. The van der Waals surface area contributed by atoms with E-state index < -0.39 is 0 Å². The number of rotatable bonds is 14. The fourth-order valence-corrected chi connectivity index (χ4v) is 3.42. The van der Waals surface area contributed by atoms with Crippen LogP contribution in [-0.4, -0.2) is 33.0 Å². The molecule has 1 heterocycles. The summed E-state index contributed by atoms with van der Waals surface area (Å²) < 4.78 is 22.3. The van der Waals surface area contributed by atoms with Crippen molar-refractivity contribution in [3.8, 4) is 22.6 Å².